The molecule has 0 spiro atoms. The molecule has 2 aromatic heterocycles. The molecule has 13 heteroatoms. The van der Waals surface area contributed by atoms with Crippen molar-refractivity contribution in [2.75, 3.05) is 20.3 Å². The molecule has 1 aliphatic heterocycles. The first kappa shape index (κ1) is 20.4. The summed E-state index contributed by atoms with van der Waals surface area (Å²) in [6.45, 7) is 0.435. The summed E-state index contributed by atoms with van der Waals surface area (Å²) < 4.78 is 24.3. The molecule has 0 aliphatic carbocycles. The van der Waals surface area contributed by atoms with Crippen LogP contribution in [0.5, 0.6) is 0 Å². The third-order valence-corrected chi connectivity index (χ3v) is 6.67. The fourth-order valence-electron chi connectivity index (χ4n) is 2.78. The van der Waals surface area contributed by atoms with Gasteiger partial charge in [-0.15, -0.1) is 0 Å². The van der Waals surface area contributed by atoms with Crippen LogP contribution in [0.1, 0.15) is 19.1 Å². The monoisotopic (exact) mass is 415 g/mol. The summed E-state index contributed by atoms with van der Waals surface area (Å²) in [6.07, 6.45) is 1.69. The van der Waals surface area contributed by atoms with Crippen molar-refractivity contribution in [1.82, 2.24) is 19.5 Å². The second kappa shape index (κ2) is 8.75. The SMILES string of the molecule is B[PH](OC)(OCCC#N)OC[C@@H]1C[C@H](O)[C@H](n2cnc3c(Cl)ncnc32)O1. The number of nitriles is 1. The fraction of sp³-hybridized carbons (Fsp3) is 0.571. The number of imidazole rings is 1. The Bertz CT molecular complexity index is 838. The maximum absolute atomic E-state index is 10.4. The number of hydrogen-bond acceptors (Lipinski definition) is 9. The van der Waals surface area contributed by atoms with Crippen LogP contribution in [0.3, 0.4) is 0 Å². The van der Waals surface area contributed by atoms with E-state index in [0.29, 0.717) is 17.6 Å². The van der Waals surface area contributed by atoms with E-state index < -0.39 is 20.2 Å². The number of halogens is 1. The first-order valence-corrected chi connectivity index (χ1v) is 10.9. The van der Waals surface area contributed by atoms with Gasteiger partial charge in [0.15, 0.2) is 0 Å². The number of aliphatic hydroxyl groups excluding tert-OH is 1. The molecule has 2 aromatic rings. The summed E-state index contributed by atoms with van der Waals surface area (Å²) in [4.78, 5) is 12.2. The molecule has 0 aromatic carbocycles. The van der Waals surface area contributed by atoms with Gasteiger partial charge in [-0.25, -0.2) is 0 Å². The zero-order chi connectivity index (χ0) is 19.4. The third kappa shape index (κ3) is 4.55. The second-order valence-corrected chi connectivity index (χ2v) is 9.14. The van der Waals surface area contributed by atoms with E-state index in [1.165, 1.54) is 19.8 Å². The average molecular weight is 416 g/mol. The Morgan fingerprint density at radius 2 is 2.30 bits per heavy atom. The minimum atomic E-state index is -2.86. The van der Waals surface area contributed by atoms with Crippen LogP contribution < -0.4 is 0 Å². The molecule has 0 radical (unpaired) electrons. The fourth-order valence-corrected chi connectivity index (χ4v) is 4.24. The molecule has 0 saturated carbocycles. The van der Waals surface area contributed by atoms with E-state index in [0.717, 1.165) is 0 Å². The van der Waals surface area contributed by atoms with Gasteiger partial charge < -0.3 is 0 Å². The first-order chi connectivity index (χ1) is 13.0. The van der Waals surface area contributed by atoms with Crippen molar-refractivity contribution >= 4 is 38.2 Å². The van der Waals surface area contributed by atoms with Gasteiger partial charge in [0, 0.05) is 0 Å². The molecule has 1 saturated heterocycles. The van der Waals surface area contributed by atoms with Crippen molar-refractivity contribution in [1.29, 1.82) is 5.26 Å². The van der Waals surface area contributed by atoms with Gasteiger partial charge in [-0.3, -0.25) is 0 Å². The van der Waals surface area contributed by atoms with E-state index in [1.807, 2.05) is 6.07 Å². The summed E-state index contributed by atoms with van der Waals surface area (Å²) in [6, 6.07) is 2.01. The predicted octanol–water partition coefficient (Wildman–Crippen LogP) is 0.764. The average Bonchev–Trinajstić information content (AvgIpc) is 3.24. The van der Waals surface area contributed by atoms with Gasteiger partial charge >= 0.3 is 162 Å². The van der Waals surface area contributed by atoms with E-state index in [1.54, 1.807) is 12.1 Å². The molecule has 1 aliphatic rings. The molecule has 0 bridgehead atoms. The topological polar surface area (TPSA) is 125 Å². The van der Waals surface area contributed by atoms with Gasteiger partial charge in [0.25, 0.3) is 0 Å². The van der Waals surface area contributed by atoms with E-state index in [2.05, 4.69) is 15.0 Å². The molecular formula is C14H20BClN5O5P. The van der Waals surface area contributed by atoms with Crippen LogP contribution in [0.25, 0.3) is 11.2 Å². The Kier molecular flexibility index (Phi) is 6.60. The molecule has 3 heterocycles. The van der Waals surface area contributed by atoms with Crippen molar-refractivity contribution in [3.63, 3.8) is 0 Å². The van der Waals surface area contributed by atoms with Gasteiger partial charge in [0.1, 0.15) is 0 Å². The molecular weight excluding hydrogens is 395 g/mol. The van der Waals surface area contributed by atoms with Crippen LogP contribution in [0.4, 0.5) is 0 Å². The van der Waals surface area contributed by atoms with Crippen LogP contribution in [0.2, 0.25) is 5.15 Å². The second-order valence-electron chi connectivity index (χ2n) is 6.07. The Morgan fingerprint density at radius 1 is 1.48 bits per heavy atom. The van der Waals surface area contributed by atoms with E-state index in [4.69, 9.17) is 35.2 Å². The minimum absolute atomic E-state index is 0.193. The van der Waals surface area contributed by atoms with Crippen molar-refractivity contribution in [2.24, 2.45) is 0 Å². The van der Waals surface area contributed by atoms with Crippen molar-refractivity contribution in [3.8, 4) is 6.07 Å². The van der Waals surface area contributed by atoms with Crippen molar-refractivity contribution < 1.29 is 23.4 Å². The Balaban J connectivity index is 1.64. The van der Waals surface area contributed by atoms with Gasteiger partial charge in [0.2, 0.25) is 0 Å². The number of fused-ring (bicyclic) bond motifs is 1. The molecule has 146 valence electrons. The number of hydrogen-bond donors (Lipinski definition) is 1. The molecule has 1 fully saturated rings. The van der Waals surface area contributed by atoms with Crippen LogP contribution >= 0.6 is 19.4 Å². The van der Waals surface area contributed by atoms with Crippen molar-refractivity contribution in [3.05, 3.63) is 17.8 Å². The van der Waals surface area contributed by atoms with Gasteiger partial charge in [0.05, 0.1) is 0 Å². The standard InChI is InChI=1S/C14H20BClN5O5P/c1-23-27(15,24-4-2-3-17)25-6-9-5-10(22)14(26-9)21-8-20-11-12(16)18-7-19-13(11)21/h7-10,14,22,27H,2,4-6,15H2,1H3/t9-,10-,14+/m0/s1. The van der Waals surface area contributed by atoms with E-state index in [-0.39, 0.29) is 30.9 Å². The Hall–Kier alpha value is -1.38. The third-order valence-electron chi connectivity index (χ3n) is 4.23. The number of ether oxygens (including phenoxy) is 1. The molecule has 27 heavy (non-hydrogen) atoms. The Morgan fingerprint density at radius 3 is 3.04 bits per heavy atom. The molecule has 0 unspecified atom stereocenters. The summed E-state index contributed by atoms with van der Waals surface area (Å²) in [5.74, 6) is 0. The number of aliphatic hydroxyl groups is 1. The predicted molar refractivity (Wildman–Crippen MR) is 101 cm³/mol. The molecule has 3 atom stereocenters. The normalized spacial score (nSPS) is 23.6. The number of rotatable bonds is 8. The summed E-state index contributed by atoms with van der Waals surface area (Å²) in [7, 11) is 0.393. The van der Waals surface area contributed by atoms with Crippen LogP contribution in [-0.4, -0.2) is 64.7 Å². The maximum atomic E-state index is 10.4. The van der Waals surface area contributed by atoms with E-state index in [9.17, 15) is 5.11 Å². The first-order valence-electron chi connectivity index (χ1n) is 8.34. The van der Waals surface area contributed by atoms with Gasteiger partial charge in [-0.05, 0) is 0 Å². The quantitative estimate of drug-likeness (QED) is 0.288. The van der Waals surface area contributed by atoms with E-state index >= 15 is 0 Å². The summed E-state index contributed by atoms with van der Waals surface area (Å²) in [5, 5.41) is 19.3. The van der Waals surface area contributed by atoms with Gasteiger partial charge in [-0.1, -0.05) is 0 Å². The number of aromatic nitrogens is 4. The molecule has 1 N–H and O–H groups in total. The molecule has 10 nitrogen and oxygen atoms in total. The Labute approximate surface area is 162 Å². The van der Waals surface area contributed by atoms with Crippen molar-refractivity contribution in [2.45, 2.75) is 31.3 Å². The zero-order valence-electron chi connectivity index (χ0n) is 14.9. The van der Waals surface area contributed by atoms with Gasteiger partial charge in [-0.2, -0.15) is 0 Å². The van der Waals surface area contributed by atoms with Crippen LogP contribution in [-0.2, 0) is 18.3 Å². The molecule has 3 rings (SSSR count). The summed E-state index contributed by atoms with van der Waals surface area (Å²) in [5.41, 5.74) is 0.927. The zero-order valence-corrected chi connectivity index (χ0v) is 16.7. The number of nitrogens with zero attached hydrogens (tertiary/aromatic N) is 5. The van der Waals surface area contributed by atoms with Crippen LogP contribution in [0, 0.1) is 11.3 Å². The molecule has 0 amide bonds. The summed E-state index contributed by atoms with van der Waals surface area (Å²) >= 11 is 6.02. The van der Waals surface area contributed by atoms with Crippen LogP contribution in [0.15, 0.2) is 12.7 Å².